The van der Waals surface area contributed by atoms with E-state index in [4.69, 9.17) is 9.47 Å². The maximum atomic E-state index is 12.6. The summed E-state index contributed by atoms with van der Waals surface area (Å²) in [5, 5.41) is 2.11. The molecule has 0 aliphatic carbocycles. The van der Waals surface area contributed by atoms with E-state index in [9.17, 15) is 9.59 Å². The number of ether oxygens (including phenoxy) is 2. The van der Waals surface area contributed by atoms with Crippen molar-refractivity contribution in [2.45, 2.75) is 18.8 Å². The molecular formula is C23H18O4. The van der Waals surface area contributed by atoms with E-state index in [1.807, 2.05) is 36.4 Å². The van der Waals surface area contributed by atoms with Crippen molar-refractivity contribution in [2.75, 3.05) is 13.2 Å². The summed E-state index contributed by atoms with van der Waals surface area (Å²) in [4.78, 5) is 24.7. The number of rotatable bonds is 0. The normalized spacial score (nSPS) is 18.9. The Morgan fingerprint density at radius 3 is 2.52 bits per heavy atom. The number of carbonyl (C=O) groups excluding carboxylic acids is 2. The zero-order valence-corrected chi connectivity index (χ0v) is 14.7. The number of carbonyl (C=O) groups is 2. The maximum absolute atomic E-state index is 12.6. The van der Waals surface area contributed by atoms with Crippen LogP contribution in [0.2, 0.25) is 0 Å². The molecule has 2 aliphatic rings. The zero-order chi connectivity index (χ0) is 18.4. The van der Waals surface area contributed by atoms with Gasteiger partial charge in [-0.1, -0.05) is 48.5 Å². The largest absolute Gasteiger partial charge is 0.465 e. The second-order valence-electron chi connectivity index (χ2n) is 7.07. The first-order valence-electron chi connectivity index (χ1n) is 9.19. The van der Waals surface area contributed by atoms with Crippen LogP contribution in [0.25, 0.3) is 21.9 Å². The van der Waals surface area contributed by atoms with Gasteiger partial charge in [0.15, 0.2) is 0 Å². The lowest BCUT2D eigenvalue weighted by atomic mass is 9.80. The summed E-state index contributed by atoms with van der Waals surface area (Å²) in [7, 11) is 0. The van der Waals surface area contributed by atoms with E-state index in [-0.39, 0.29) is 31.1 Å². The molecule has 0 spiro atoms. The first-order chi connectivity index (χ1) is 13.2. The van der Waals surface area contributed by atoms with E-state index in [1.54, 1.807) is 0 Å². The Morgan fingerprint density at radius 2 is 1.59 bits per heavy atom. The number of benzene rings is 3. The van der Waals surface area contributed by atoms with Crippen molar-refractivity contribution < 1.29 is 19.1 Å². The van der Waals surface area contributed by atoms with Crippen molar-refractivity contribution in [2.24, 2.45) is 0 Å². The molecule has 4 nitrogen and oxygen atoms in total. The first-order valence-corrected chi connectivity index (χ1v) is 9.19. The van der Waals surface area contributed by atoms with E-state index in [1.165, 1.54) is 0 Å². The fourth-order valence-corrected chi connectivity index (χ4v) is 4.20. The Kier molecular flexibility index (Phi) is 3.71. The van der Waals surface area contributed by atoms with Crippen LogP contribution in [0.15, 0.2) is 54.6 Å². The Labute approximate surface area is 156 Å². The lowest BCUT2D eigenvalue weighted by Crippen LogP contribution is -2.28. The molecule has 0 aromatic heterocycles. The van der Waals surface area contributed by atoms with E-state index in [0.29, 0.717) is 18.4 Å². The fraction of sp³-hybridized carbons (Fsp3) is 0.217. The molecule has 0 radical (unpaired) electrons. The Bertz CT molecular complexity index is 1080. The van der Waals surface area contributed by atoms with Crippen LogP contribution >= 0.6 is 0 Å². The molecule has 5 rings (SSSR count). The van der Waals surface area contributed by atoms with Crippen LogP contribution in [0.4, 0.5) is 0 Å². The van der Waals surface area contributed by atoms with Crippen LogP contribution in [0.1, 0.15) is 33.8 Å². The van der Waals surface area contributed by atoms with Gasteiger partial charge < -0.3 is 9.47 Å². The summed E-state index contributed by atoms with van der Waals surface area (Å²) in [6.07, 6.45) is 0.957. The summed E-state index contributed by atoms with van der Waals surface area (Å²) >= 11 is 0. The quantitative estimate of drug-likeness (QED) is 0.564. The van der Waals surface area contributed by atoms with Gasteiger partial charge in [-0.3, -0.25) is 4.79 Å². The van der Waals surface area contributed by atoms with E-state index < -0.39 is 0 Å². The molecule has 0 fully saturated rings. The van der Waals surface area contributed by atoms with Crippen LogP contribution < -0.4 is 0 Å². The minimum atomic E-state index is -0.311. The number of cyclic esters (lactones) is 2. The van der Waals surface area contributed by atoms with Gasteiger partial charge in [-0.25, -0.2) is 4.79 Å². The highest BCUT2D eigenvalue weighted by Crippen LogP contribution is 2.43. The average molecular weight is 358 g/mol. The lowest BCUT2D eigenvalue weighted by molar-refractivity contribution is -0.144. The molecule has 0 unspecified atom stereocenters. The van der Waals surface area contributed by atoms with E-state index in [0.717, 1.165) is 33.0 Å². The van der Waals surface area contributed by atoms with E-state index >= 15 is 0 Å². The maximum Gasteiger partial charge on any atom is 0.338 e. The van der Waals surface area contributed by atoms with Gasteiger partial charge >= 0.3 is 11.9 Å². The van der Waals surface area contributed by atoms with Crippen LogP contribution in [0.3, 0.4) is 0 Å². The topological polar surface area (TPSA) is 52.6 Å². The molecule has 4 heteroatoms. The third-order valence-corrected chi connectivity index (χ3v) is 5.46. The second-order valence-corrected chi connectivity index (χ2v) is 7.07. The van der Waals surface area contributed by atoms with Crippen LogP contribution in [0, 0.1) is 0 Å². The zero-order valence-electron chi connectivity index (χ0n) is 14.7. The standard InChI is InChI=1S/C23H18O4/c24-20-10-9-14-5-1-3-7-17(14)22-18-8-4-2-6-15(18)11-19-21(22)16(12-26-20)13-27-23(19)25/h1-8,11,16H,9-10,12-13H2/t16-/m1/s1. The summed E-state index contributed by atoms with van der Waals surface area (Å²) in [5.41, 5.74) is 4.75. The molecule has 0 amide bonds. The summed E-state index contributed by atoms with van der Waals surface area (Å²) in [6.45, 7) is 0.458. The highest BCUT2D eigenvalue weighted by Gasteiger charge is 2.33. The predicted molar refractivity (Wildman–Crippen MR) is 102 cm³/mol. The van der Waals surface area contributed by atoms with Crippen molar-refractivity contribution >= 4 is 22.7 Å². The Hall–Kier alpha value is -3.14. The molecule has 27 heavy (non-hydrogen) atoms. The van der Waals surface area contributed by atoms with Crippen molar-refractivity contribution in [3.63, 3.8) is 0 Å². The average Bonchev–Trinajstić information content (AvgIpc) is 2.70. The molecule has 134 valence electrons. The number of fused-ring (bicyclic) bond motifs is 4. The van der Waals surface area contributed by atoms with Crippen molar-refractivity contribution in [1.29, 1.82) is 0 Å². The van der Waals surface area contributed by atoms with Gasteiger partial charge in [0, 0.05) is 6.42 Å². The van der Waals surface area contributed by atoms with Gasteiger partial charge in [0.25, 0.3) is 0 Å². The Balaban J connectivity index is 1.91. The third kappa shape index (κ3) is 2.60. The van der Waals surface area contributed by atoms with Gasteiger partial charge in [0.05, 0.1) is 11.5 Å². The van der Waals surface area contributed by atoms with Gasteiger partial charge in [-0.05, 0) is 45.5 Å². The molecule has 0 N–H and O–H groups in total. The molecule has 2 heterocycles. The van der Waals surface area contributed by atoms with Crippen LogP contribution in [-0.2, 0) is 20.7 Å². The van der Waals surface area contributed by atoms with Crippen LogP contribution in [-0.4, -0.2) is 25.2 Å². The first kappa shape index (κ1) is 16.1. The monoisotopic (exact) mass is 358 g/mol. The number of esters is 2. The minimum Gasteiger partial charge on any atom is -0.465 e. The highest BCUT2D eigenvalue weighted by molar-refractivity contribution is 6.07. The molecule has 3 aromatic carbocycles. The molecular weight excluding hydrogens is 340 g/mol. The number of hydrogen-bond acceptors (Lipinski definition) is 4. The molecule has 0 saturated heterocycles. The molecule has 0 bridgehead atoms. The van der Waals surface area contributed by atoms with Gasteiger partial charge in [-0.15, -0.1) is 0 Å². The number of hydrogen-bond donors (Lipinski definition) is 0. The number of aryl methyl sites for hydroxylation is 1. The van der Waals surface area contributed by atoms with Crippen LogP contribution in [0.5, 0.6) is 0 Å². The van der Waals surface area contributed by atoms with E-state index in [2.05, 4.69) is 18.2 Å². The summed E-state index contributed by atoms with van der Waals surface area (Å²) < 4.78 is 10.9. The lowest BCUT2D eigenvalue weighted by Gasteiger charge is -2.30. The molecule has 3 aromatic rings. The molecule has 1 atom stereocenters. The summed E-state index contributed by atoms with van der Waals surface area (Å²) in [6, 6.07) is 18.1. The van der Waals surface area contributed by atoms with Gasteiger partial charge in [0.1, 0.15) is 13.2 Å². The van der Waals surface area contributed by atoms with Gasteiger partial charge in [0.2, 0.25) is 0 Å². The Morgan fingerprint density at radius 1 is 0.815 bits per heavy atom. The highest BCUT2D eigenvalue weighted by atomic mass is 16.5. The fourth-order valence-electron chi connectivity index (χ4n) is 4.20. The van der Waals surface area contributed by atoms with Gasteiger partial charge in [-0.2, -0.15) is 0 Å². The van der Waals surface area contributed by atoms with Crippen molar-refractivity contribution in [3.8, 4) is 11.1 Å². The predicted octanol–water partition coefficient (Wildman–Crippen LogP) is 4.25. The molecule has 0 saturated carbocycles. The second kappa shape index (κ2) is 6.23. The SMILES string of the molecule is O=C1CCc2ccccc2-c2c3c(cc4ccccc24)C(=O)OC[C@H]3CO1. The van der Waals surface area contributed by atoms with Crippen molar-refractivity contribution in [3.05, 3.63) is 71.3 Å². The summed E-state index contributed by atoms with van der Waals surface area (Å²) in [5.74, 6) is -0.686. The third-order valence-electron chi connectivity index (χ3n) is 5.46. The minimum absolute atomic E-state index is 0.160. The molecule has 2 aliphatic heterocycles. The smallest absolute Gasteiger partial charge is 0.338 e. The van der Waals surface area contributed by atoms with Crippen molar-refractivity contribution in [1.82, 2.24) is 0 Å².